The van der Waals surface area contributed by atoms with Crippen molar-refractivity contribution in [3.05, 3.63) is 59.7 Å². The molecule has 0 radical (unpaired) electrons. The third-order valence-corrected chi connectivity index (χ3v) is 2.81. The Balaban J connectivity index is 2.06. The van der Waals surface area contributed by atoms with E-state index in [-0.39, 0.29) is 5.69 Å². The number of anilines is 2. The van der Waals surface area contributed by atoms with Crippen LogP contribution in [-0.4, -0.2) is 11.1 Å². The fraction of sp³-hybridized carbons (Fsp3) is 0.133. The summed E-state index contributed by atoms with van der Waals surface area (Å²) in [5, 5.41) is 14.3. The predicted molar refractivity (Wildman–Crippen MR) is 76.1 cm³/mol. The maximum absolute atomic E-state index is 13.4. The van der Waals surface area contributed by atoms with Gasteiger partial charge in [-0.3, -0.25) is 0 Å². The van der Waals surface area contributed by atoms with E-state index in [1.807, 2.05) is 0 Å². The lowest BCUT2D eigenvalue weighted by Gasteiger charge is -2.10. The standard InChI is InChI=1S/C15H14F2N2O2/c1-9(20)10-3-2-4-12(7-10)18-15(21)19-14-6-5-11(16)8-13(14)17/h2-9,20H,1H3,(H2,18,19,21). The quantitative estimate of drug-likeness (QED) is 0.808. The van der Waals surface area contributed by atoms with Gasteiger partial charge in [-0.25, -0.2) is 13.6 Å². The molecule has 21 heavy (non-hydrogen) atoms. The SMILES string of the molecule is CC(O)c1cccc(NC(=O)Nc2ccc(F)cc2F)c1. The van der Waals surface area contributed by atoms with Crippen molar-refractivity contribution in [3.8, 4) is 0 Å². The zero-order valence-corrected chi connectivity index (χ0v) is 11.2. The maximum Gasteiger partial charge on any atom is 0.323 e. The summed E-state index contributed by atoms with van der Waals surface area (Å²) in [6, 6.07) is 8.83. The van der Waals surface area contributed by atoms with Crippen LogP contribution in [0.2, 0.25) is 0 Å². The molecule has 0 aliphatic heterocycles. The van der Waals surface area contributed by atoms with Crippen molar-refractivity contribution in [2.24, 2.45) is 0 Å². The van der Waals surface area contributed by atoms with Crippen LogP contribution in [0.15, 0.2) is 42.5 Å². The molecule has 0 spiro atoms. The number of hydrogen-bond acceptors (Lipinski definition) is 2. The minimum Gasteiger partial charge on any atom is -0.389 e. The highest BCUT2D eigenvalue weighted by Gasteiger charge is 2.09. The summed E-state index contributed by atoms with van der Waals surface area (Å²) in [6.07, 6.45) is -0.663. The summed E-state index contributed by atoms with van der Waals surface area (Å²) in [5.41, 5.74) is 0.967. The smallest absolute Gasteiger partial charge is 0.323 e. The molecule has 0 aliphatic carbocycles. The number of carbonyl (C=O) groups excluding carboxylic acids is 1. The number of rotatable bonds is 3. The van der Waals surface area contributed by atoms with E-state index >= 15 is 0 Å². The highest BCUT2D eigenvalue weighted by atomic mass is 19.1. The number of amides is 2. The van der Waals surface area contributed by atoms with Crippen LogP contribution in [0.4, 0.5) is 25.0 Å². The second-order valence-electron chi connectivity index (χ2n) is 4.50. The maximum atomic E-state index is 13.4. The van der Waals surface area contributed by atoms with E-state index in [2.05, 4.69) is 10.6 Å². The molecule has 3 N–H and O–H groups in total. The monoisotopic (exact) mass is 292 g/mol. The normalized spacial score (nSPS) is 11.8. The lowest BCUT2D eigenvalue weighted by molar-refractivity contribution is 0.199. The molecule has 2 rings (SSSR count). The second-order valence-corrected chi connectivity index (χ2v) is 4.50. The molecule has 2 aromatic rings. The third-order valence-electron chi connectivity index (χ3n) is 2.81. The fourth-order valence-electron chi connectivity index (χ4n) is 1.75. The van der Waals surface area contributed by atoms with E-state index in [0.29, 0.717) is 17.3 Å². The van der Waals surface area contributed by atoms with Crippen LogP contribution in [0.25, 0.3) is 0 Å². The van der Waals surface area contributed by atoms with E-state index in [9.17, 15) is 18.7 Å². The number of aliphatic hydroxyl groups excluding tert-OH is 1. The van der Waals surface area contributed by atoms with Crippen molar-refractivity contribution < 1.29 is 18.7 Å². The van der Waals surface area contributed by atoms with Gasteiger partial charge in [0.2, 0.25) is 0 Å². The van der Waals surface area contributed by atoms with Crippen LogP contribution in [0.3, 0.4) is 0 Å². The van der Waals surface area contributed by atoms with Crippen molar-refractivity contribution in [2.45, 2.75) is 13.0 Å². The molecule has 110 valence electrons. The molecule has 0 aromatic heterocycles. The molecule has 0 saturated heterocycles. The van der Waals surface area contributed by atoms with Gasteiger partial charge in [-0.15, -0.1) is 0 Å². The number of carbonyl (C=O) groups is 1. The summed E-state index contributed by atoms with van der Waals surface area (Å²) in [7, 11) is 0. The van der Waals surface area contributed by atoms with Crippen LogP contribution in [0.1, 0.15) is 18.6 Å². The largest absolute Gasteiger partial charge is 0.389 e. The Hall–Kier alpha value is -2.47. The van der Waals surface area contributed by atoms with E-state index in [0.717, 1.165) is 12.1 Å². The zero-order valence-electron chi connectivity index (χ0n) is 11.2. The molecule has 0 fully saturated rings. The average molecular weight is 292 g/mol. The van der Waals surface area contributed by atoms with Crippen molar-refractivity contribution in [1.82, 2.24) is 0 Å². The summed E-state index contributed by atoms with van der Waals surface area (Å²) in [6.45, 7) is 1.60. The van der Waals surface area contributed by atoms with Crippen molar-refractivity contribution >= 4 is 17.4 Å². The van der Waals surface area contributed by atoms with Crippen molar-refractivity contribution in [3.63, 3.8) is 0 Å². The van der Waals surface area contributed by atoms with Crippen molar-refractivity contribution in [2.75, 3.05) is 10.6 Å². The van der Waals surface area contributed by atoms with Gasteiger partial charge in [0.15, 0.2) is 0 Å². The van der Waals surface area contributed by atoms with Gasteiger partial charge in [0.25, 0.3) is 0 Å². The van der Waals surface area contributed by atoms with Crippen LogP contribution in [0, 0.1) is 11.6 Å². The Morgan fingerprint density at radius 3 is 2.57 bits per heavy atom. The minimum absolute atomic E-state index is 0.124. The van der Waals surface area contributed by atoms with Crippen molar-refractivity contribution in [1.29, 1.82) is 0 Å². The number of benzene rings is 2. The minimum atomic E-state index is -0.858. The molecular formula is C15H14F2N2O2. The van der Waals surface area contributed by atoms with Crippen LogP contribution in [0.5, 0.6) is 0 Å². The number of nitrogens with one attached hydrogen (secondary N) is 2. The fourth-order valence-corrected chi connectivity index (χ4v) is 1.75. The summed E-state index contributed by atoms with van der Waals surface area (Å²) in [5.74, 6) is -1.58. The Bertz CT molecular complexity index is 660. The lowest BCUT2D eigenvalue weighted by atomic mass is 10.1. The van der Waals surface area contributed by atoms with E-state index in [4.69, 9.17) is 0 Å². The molecule has 6 heteroatoms. The Kier molecular flexibility index (Phi) is 4.49. The molecule has 0 heterocycles. The Morgan fingerprint density at radius 2 is 1.90 bits per heavy atom. The molecule has 0 bridgehead atoms. The average Bonchev–Trinajstić information content (AvgIpc) is 2.42. The first-order valence-corrected chi connectivity index (χ1v) is 6.27. The number of hydrogen-bond donors (Lipinski definition) is 3. The number of urea groups is 1. The highest BCUT2D eigenvalue weighted by Crippen LogP contribution is 2.18. The first-order valence-electron chi connectivity index (χ1n) is 6.27. The van der Waals surface area contributed by atoms with Gasteiger partial charge in [-0.1, -0.05) is 12.1 Å². The molecule has 2 aromatic carbocycles. The molecule has 0 saturated carbocycles. The molecule has 1 unspecified atom stereocenters. The predicted octanol–water partition coefficient (Wildman–Crippen LogP) is 3.66. The lowest BCUT2D eigenvalue weighted by Crippen LogP contribution is -2.20. The number of halogens is 2. The summed E-state index contributed by atoms with van der Waals surface area (Å²) >= 11 is 0. The van der Waals surface area contributed by atoms with Crippen LogP contribution in [-0.2, 0) is 0 Å². The molecule has 1 atom stereocenters. The van der Waals surface area contributed by atoms with Gasteiger partial charge in [-0.2, -0.15) is 0 Å². The van der Waals surface area contributed by atoms with E-state index in [1.54, 1.807) is 31.2 Å². The second kappa shape index (κ2) is 6.32. The molecule has 4 nitrogen and oxygen atoms in total. The third kappa shape index (κ3) is 4.00. The van der Waals surface area contributed by atoms with Crippen LogP contribution >= 0.6 is 0 Å². The Labute approximate surface area is 120 Å². The molecule has 0 aliphatic rings. The molecule has 2 amide bonds. The van der Waals surface area contributed by atoms with E-state index in [1.165, 1.54) is 0 Å². The van der Waals surface area contributed by atoms with E-state index < -0.39 is 23.8 Å². The Morgan fingerprint density at radius 1 is 1.14 bits per heavy atom. The van der Waals surface area contributed by atoms with Gasteiger partial charge in [0, 0.05) is 11.8 Å². The highest BCUT2D eigenvalue weighted by molar-refractivity contribution is 5.99. The zero-order chi connectivity index (χ0) is 15.4. The number of aliphatic hydroxyl groups is 1. The summed E-state index contributed by atoms with van der Waals surface area (Å²) < 4.78 is 26.2. The molecular weight excluding hydrogens is 278 g/mol. The van der Waals surface area contributed by atoms with Gasteiger partial charge in [-0.05, 0) is 36.8 Å². The van der Waals surface area contributed by atoms with Gasteiger partial charge in [0.1, 0.15) is 11.6 Å². The first-order chi connectivity index (χ1) is 9.95. The van der Waals surface area contributed by atoms with Gasteiger partial charge >= 0.3 is 6.03 Å². The summed E-state index contributed by atoms with van der Waals surface area (Å²) in [4.78, 5) is 11.8. The first kappa shape index (κ1) is 14.9. The van der Waals surface area contributed by atoms with Gasteiger partial charge in [0.05, 0.1) is 11.8 Å². The topological polar surface area (TPSA) is 61.4 Å². The van der Waals surface area contributed by atoms with Crippen LogP contribution < -0.4 is 10.6 Å². The van der Waals surface area contributed by atoms with Gasteiger partial charge < -0.3 is 15.7 Å².